The molecule has 0 aliphatic rings. The summed E-state index contributed by atoms with van der Waals surface area (Å²) in [7, 11) is 1.84. The van der Waals surface area contributed by atoms with E-state index in [1.807, 2.05) is 50.6 Å². The lowest BCUT2D eigenvalue weighted by atomic mass is 10.0. The molecule has 0 aliphatic heterocycles. The van der Waals surface area contributed by atoms with Gasteiger partial charge in [-0.2, -0.15) is 0 Å². The lowest BCUT2D eigenvalue weighted by Gasteiger charge is -2.21. The molecule has 2 aromatic heterocycles. The fraction of sp³-hybridized carbons (Fsp3) is 0.318. The molecule has 0 aliphatic carbocycles. The third-order valence-electron chi connectivity index (χ3n) is 4.68. The predicted molar refractivity (Wildman–Crippen MR) is 121 cm³/mol. The number of nitrogens with one attached hydrogen (secondary N) is 2. The summed E-state index contributed by atoms with van der Waals surface area (Å²) < 4.78 is 1.82. The van der Waals surface area contributed by atoms with E-state index in [-0.39, 0.29) is 29.5 Å². The second-order valence-corrected chi connectivity index (χ2v) is 8.46. The molecule has 0 unspecified atom stereocenters. The van der Waals surface area contributed by atoms with Gasteiger partial charge in [-0.15, -0.1) is 10.2 Å². The van der Waals surface area contributed by atoms with Gasteiger partial charge in [0.1, 0.15) is 5.82 Å². The van der Waals surface area contributed by atoms with Crippen molar-refractivity contribution in [2.45, 2.75) is 32.0 Å². The van der Waals surface area contributed by atoms with Crippen LogP contribution in [0.1, 0.15) is 41.6 Å². The molecule has 2 amide bonds. The molecule has 0 fully saturated rings. The van der Waals surface area contributed by atoms with Crippen molar-refractivity contribution in [3.05, 3.63) is 65.6 Å². The molecule has 0 saturated carbocycles. The van der Waals surface area contributed by atoms with Gasteiger partial charge in [-0.1, -0.05) is 49.4 Å². The molecular formula is C22H26N6O2S. The highest BCUT2D eigenvalue weighted by Gasteiger charge is 2.25. The molecule has 0 spiro atoms. The van der Waals surface area contributed by atoms with Crippen molar-refractivity contribution in [3.8, 4) is 0 Å². The Bertz CT molecular complexity index is 1030. The van der Waals surface area contributed by atoms with Crippen LogP contribution in [0.25, 0.3) is 0 Å². The molecule has 162 valence electrons. The van der Waals surface area contributed by atoms with Crippen LogP contribution in [0.5, 0.6) is 0 Å². The lowest BCUT2D eigenvalue weighted by Crippen LogP contribution is -2.33. The predicted octanol–water partition coefficient (Wildman–Crippen LogP) is 3.38. The Kier molecular flexibility index (Phi) is 7.41. The Morgan fingerprint density at radius 3 is 2.48 bits per heavy atom. The van der Waals surface area contributed by atoms with Crippen LogP contribution in [-0.2, 0) is 11.8 Å². The molecule has 2 N–H and O–H groups in total. The molecule has 31 heavy (non-hydrogen) atoms. The minimum absolute atomic E-state index is 0.0996. The van der Waals surface area contributed by atoms with Gasteiger partial charge in [0.25, 0.3) is 5.91 Å². The fourth-order valence-corrected chi connectivity index (χ4v) is 3.65. The first-order chi connectivity index (χ1) is 14.8. The van der Waals surface area contributed by atoms with Crippen molar-refractivity contribution >= 4 is 29.4 Å². The third-order valence-corrected chi connectivity index (χ3v) is 5.70. The van der Waals surface area contributed by atoms with Gasteiger partial charge in [0.05, 0.1) is 11.8 Å². The van der Waals surface area contributed by atoms with Crippen LogP contribution >= 0.6 is 11.8 Å². The smallest absolute Gasteiger partial charge is 0.251 e. The summed E-state index contributed by atoms with van der Waals surface area (Å²) >= 11 is 1.28. The Labute approximate surface area is 185 Å². The van der Waals surface area contributed by atoms with Gasteiger partial charge in [0.15, 0.2) is 11.0 Å². The van der Waals surface area contributed by atoms with Gasteiger partial charge in [0, 0.05) is 18.8 Å². The number of hydrogen-bond acceptors (Lipinski definition) is 6. The summed E-state index contributed by atoms with van der Waals surface area (Å²) in [5.74, 6) is 1.08. The van der Waals surface area contributed by atoms with Crippen molar-refractivity contribution in [3.63, 3.8) is 0 Å². The average Bonchev–Trinajstić information content (AvgIpc) is 3.11. The normalized spacial score (nSPS) is 11.9. The summed E-state index contributed by atoms with van der Waals surface area (Å²) in [5.41, 5.74) is 1.69. The fourth-order valence-electron chi connectivity index (χ4n) is 2.93. The number of pyridine rings is 1. The number of anilines is 1. The van der Waals surface area contributed by atoms with E-state index < -0.39 is 0 Å². The van der Waals surface area contributed by atoms with Gasteiger partial charge in [-0.05, 0) is 37.1 Å². The van der Waals surface area contributed by atoms with E-state index in [0.717, 1.165) is 5.56 Å². The van der Waals surface area contributed by atoms with E-state index in [9.17, 15) is 9.59 Å². The molecular weight excluding hydrogens is 412 g/mol. The number of thioether (sulfide) groups is 1. The van der Waals surface area contributed by atoms with Crippen molar-refractivity contribution in [2.24, 2.45) is 13.0 Å². The Morgan fingerprint density at radius 2 is 1.84 bits per heavy atom. The van der Waals surface area contributed by atoms with Gasteiger partial charge >= 0.3 is 0 Å². The standard InChI is InChI=1S/C22H26N6O2S/c1-14(2)19(25-21(30)16-10-8-15(3)9-11-16)20-26-27-22(28(20)4)31-13-18(29)24-17-7-5-6-12-23-17/h5-12,14,19H,13H2,1-4H3,(H,25,30)(H,23,24,29)/t19-/m1/s1. The second kappa shape index (κ2) is 10.2. The summed E-state index contributed by atoms with van der Waals surface area (Å²) in [6, 6.07) is 12.4. The van der Waals surface area contributed by atoms with Gasteiger partial charge in [-0.3, -0.25) is 9.59 Å². The number of amides is 2. The monoisotopic (exact) mass is 438 g/mol. The van der Waals surface area contributed by atoms with E-state index >= 15 is 0 Å². The van der Waals surface area contributed by atoms with Crippen molar-refractivity contribution < 1.29 is 9.59 Å². The van der Waals surface area contributed by atoms with Crippen molar-refractivity contribution in [1.82, 2.24) is 25.1 Å². The molecule has 0 radical (unpaired) electrons. The maximum atomic E-state index is 12.7. The zero-order chi connectivity index (χ0) is 22.4. The van der Waals surface area contributed by atoms with Gasteiger partial charge in [0.2, 0.25) is 5.91 Å². The number of nitrogens with zero attached hydrogens (tertiary/aromatic N) is 4. The molecule has 1 atom stereocenters. The third kappa shape index (κ3) is 5.91. The van der Waals surface area contributed by atoms with E-state index in [0.29, 0.717) is 22.4 Å². The summed E-state index contributed by atoms with van der Waals surface area (Å²) in [5, 5.41) is 14.9. The minimum Gasteiger partial charge on any atom is -0.342 e. The summed E-state index contributed by atoms with van der Waals surface area (Å²) in [4.78, 5) is 29.0. The number of benzene rings is 1. The topological polar surface area (TPSA) is 102 Å². The molecule has 0 bridgehead atoms. The molecule has 1 aromatic carbocycles. The lowest BCUT2D eigenvalue weighted by molar-refractivity contribution is -0.113. The number of carbonyl (C=O) groups is 2. The zero-order valence-electron chi connectivity index (χ0n) is 18.0. The molecule has 3 aromatic rings. The van der Waals surface area contributed by atoms with E-state index in [2.05, 4.69) is 25.8 Å². The first kappa shape index (κ1) is 22.5. The first-order valence-electron chi connectivity index (χ1n) is 9.95. The van der Waals surface area contributed by atoms with Crippen LogP contribution in [0, 0.1) is 12.8 Å². The highest BCUT2D eigenvalue weighted by Crippen LogP contribution is 2.24. The quantitative estimate of drug-likeness (QED) is 0.523. The van der Waals surface area contributed by atoms with Gasteiger partial charge < -0.3 is 15.2 Å². The highest BCUT2D eigenvalue weighted by molar-refractivity contribution is 7.99. The minimum atomic E-state index is -0.317. The Balaban J connectivity index is 1.66. The van der Waals surface area contributed by atoms with Crippen LogP contribution in [0.2, 0.25) is 0 Å². The van der Waals surface area contributed by atoms with Crippen molar-refractivity contribution in [1.29, 1.82) is 0 Å². The summed E-state index contributed by atoms with van der Waals surface area (Å²) in [6.07, 6.45) is 1.62. The van der Waals surface area contributed by atoms with Crippen LogP contribution in [0.3, 0.4) is 0 Å². The molecule has 3 rings (SSSR count). The number of hydrogen-bond donors (Lipinski definition) is 2. The SMILES string of the molecule is Cc1ccc(C(=O)N[C@@H](c2nnc(SCC(=O)Nc3ccccn3)n2C)C(C)C)cc1. The zero-order valence-corrected chi connectivity index (χ0v) is 18.8. The van der Waals surface area contributed by atoms with E-state index in [1.54, 1.807) is 30.5 Å². The maximum Gasteiger partial charge on any atom is 0.251 e. The number of rotatable bonds is 8. The number of aromatic nitrogens is 4. The number of carbonyl (C=O) groups excluding carboxylic acids is 2. The Morgan fingerprint density at radius 1 is 1.10 bits per heavy atom. The van der Waals surface area contributed by atoms with Crippen molar-refractivity contribution in [2.75, 3.05) is 11.1 Å². The molecule has 0 saturated heterocycles. The maximum absolute atomic E-state index is 12.7. The number of aryl methyl sites for hydroxylation is 1. The van der Waals surface area contributed by atoms with Crippen LogP contribution < -0.4 is 10.6 Å². The van der Waals surface area contributed by atoms with E-state index in [4.69, 9.17) is 0 Å². The molecule has 9 heteroatoms. The first-order valence-corrected chi connectivity index (χ1v) is 10.9. The molecule has 2 heterocycles. The summed E-state index contributed by atoms with van der Waals surface area (Å²) in [6.45, 7) is 6.01. The van der Waals surface area contributed by atoms with Crippen LogP contribution in [0.15, 0.2) is 53.8 Å². The average molecular weight is 439 g/mol. The van der Waals surface area contributed by atoms with E-state index in [1.165, 1.54) is 11.8 Å². The van der Waals surface area contributed by atoms with Crippen LogP contribution in [0.4, 0.5) is 5.82 Å². The Hall–Kier alpha value is -3.20. The van der Waals surface area contributed by atoms with Crippen LogP contribution in [-0.4, -0.2) is 37.3 Å². The highest BCUT2D eigenvalue weighted by atomic mass is 32.2. The molecule has 8 nitrogen and oxygen atoms in total. The second-order valence-electron chi connectivity index (χ2n) is 7.51. The largest absolute Gasteiger partial charge is 0.342 e. The van der Waals surface area contributed by atoms with Gasteiger partial charge in [-0.25, -0.2) is 4.98 Å².